The largest absolute Gasteiger partial charge is 4.00 e. The minimum absolute atomic E-state index is 0. The predicted molar refractivity (Wildman–Crippen MR) is 79.0 cm³/mol. The van der Waals surface area contributed by atoms with Crippen molar-refractivity contribution < 1.29 is 39.9 Å². The second kappa shape index (κ2) is 13.0. The Hall–Kier alpha value is 0.463. The van der Waals surface area contributed by atoms with Crippen molar-refractivity contribution >= 4 is 0 Å². The van der Waals surface area contributed by atoms with Crippen molar-refractivity contribution in [3.8, 4) is 0 Å². The molecule has 0 aromatic carbocycles. The van der Waals surface area contributed by atoms with Crippen LogP contribution in [0, 0.1) is 0 Å². The molecule has 0 amide bonds. The molecule has 5 heteroatoms. The molecule has 0 saturated heterocycles. The average molecular weight is 358 g/mol. The summed E-state index contributed by atoms with van der Waals surface area (Å²) in [5, 5.41) is 40.4. The minimum Gasteiger partial charge on any atom is -0.850 e. The third-order valence-corrected chi connectivity index (χ3v) is 0. The van der Waals surface area contributed by atoms with Crippen LogP contribution in [0.3, 0.4) is 0 Å². The maximum Gasteiger partial charge on any atom is 4.00 e. The van der Waals surface area contributed by atoms with Gasteiger partial charge in [0.15, 0.2) is 0 Å². The molecule has 0 aliphatic rings. The van der Waals surface area contributed by atoms with Crippen LogP contribution in [0.4, 0.5) is 0 Å². The van der Waals surface area contributed by atoms with E-state index < -0.39 is 22.4 Å². The molecule has 0 saturated carbocycles. The first-order valence-corrected chi connectivity index (χ1v) is 6.82. The van der Waals surface area contributed by atoms with Gasteiger partial charge in [0.1, 0.15) is 0 Å². The zero-order valence-corrected chi connectivity index (χ0v) is 19.3. The van der Waals surface area contributed by atoms with Gasteiger partial charge in [-0.25, -0.2) is 0 Å². The van der Waals surface area contributed by atoms with E-state index >= 15 is 0 Å². The van der Waals surface area contributed by atoms with Crippen molar-refractivity contribution in [2.24, 2.45) is 0 Å². The predicted octanol–water partition coefficient (Wildman–Crippen LogP) is 0.578. The summed E-state index contributed by atoms with van der Waals surface area (Å²) in [5.74, 6) is 0. The van der Waals surface area contributed by atoms with Gasteiger partial charge in [0.25, 0.3) is 0 Å². The van der Waals surface area contributed by atoms with Gasteiger partial charge in [-0.15, -0.1) is 22.4 Å². The maximum atomic E-state index is 10.1. The van der Waals surface area contributed by atoms with Crippen LogP contribution in [0.5, 0.6) is 0 Å². The van der Waals surface area contributed by atoms with Gasteiger partial charge in [0, 0.05) is 0 Å². The van der Waals surface area contributed by atoms with Crippen LogP contribution in [0.15, 0.2) is 0 Å². The van der Waals surface area contributed by atoms with Gasteiger partial charge in [-0.05, 0) is 0 Å². The fourth-order valence-corrected chi connectivity index (χ4v) is 0. The molecule has 0 spiro atoms. The van der Waals surface area contributed by atoms with Crippen molar-refractivity contribution in [1.82, 2.24) is 0 Å². The van der Waals surface area contributed by atoms with E-state index in [0.717, 1.165) is 0 Å². The monoisotopic (exact) mass is 356 g/mol. The summed E-state index contributed by atoms with van der Waals surface area (Å²) in [6.07, 6.45) is 0. The molecule has 0 fully saturated rings. The molecule has 0 aliphatic heterocycles. The van der Waals surface area contributed by atoms with E-state index in [2.05, 4.69) is 0 Å². The minimum atomic E-state index is -0.750. The summed E-state index contributed by atoms with van der Waals surface area (Å²) in [6.45, 7) is 19.6. The average Bonchev–Trinajstić information content (AvgIpc) is 1.62. The summed E-state index contributed by atoms with van der Waals surface area (Å²) in [7, 11) is 0. The molecule has 0 aromatic rings. The van der Waals surface area contributed by atoms with Gasteiger partial charge in [-0.2, -0.15) is 0 Å². The summed E-state index contributed by atoms with van der Waals surface area (Å²) in [6, 6.07) is 0. The van der Waals surface area contributed by atoms with Gasteiger partial charge in [-0.1, -0.05) is 83.1 Å². The summed E-state index contributed by atoms with van der Waals surface area (Å²) in [5.41, 5.74) is -3.00. The summed E-state index contributed by atoms with van der Waals surface area (Å²) in [4.78, 5) is 0. The van der Waals surface area contributed by atoms with Crippen molar-refractivity contribution in [2.75, 3.05) is 0 Å². The molecular formula is C16H36O4Zn. The third kappa shape index (κ3) is 32500. The molecule has 0 rings (SSSR count). The van der Waals surface area contributed by atoms with E-state index in [0.29, 0.717) is 0 Å². The van der Waals surface area contributed by atoms with Gasteiger partial charge < -0.3 is 20.4 Å². The normalized spacial score (nSPS) is 11.4. The van der Waals surface area contributed by atoms with Crippen molar-refractivity contribution in [3.05, 3.63) is 0 Å². The smallest absolute Gasteiger partial charge is 0.850 e. The van der Waals surface area contributed by atoms with Crippen LogP contribution in [-0.2, 0) is 19.5 Å². The van der Waals surface area contributed by atoms with Gasteiger partial charge in [0.2, 0.25) is 0 Å². The van der Waals surface area contributed by atoms with Crippen LogP contribution in [-0.4, -0.2) is 22.4 Å². The Labute approximate surface area is 145 Å². The molecule has 4 nitrogen and oxygen atoms in total. The van der Waals surface area contributed by atoms with Crippen molar-refractivity contribution in [2.45, 2.75) is 105 Å². The van der Waals surface area contributed by atoms with Crippen molar-refractivity contribution in [1.29, 1.82) is 0 Å². The molecule has 0 atom stereocenters. The maximum absolute atomic E-state index is 10.1. The fraction of sp³-hybridized carbons (Fsp3) is 1.00. The van der Waals surface area contributed by atoms with Crippen LogP contribution in [0.2, 0.25) is 0 Å². The molecule has 0 aromatic heterocycles. The van der Waals surface area contributed by atoms with E-state index in [1.807, 2.05) is 0 Å². The van der Waals surface area contributed by atoms with Crippen LogP contribution in [0.25, 0.3) is 0 Å². The standard InChI is InChI=1S/4C4H9O.Zn/c4*1-4(2,3)5;/h4*1-3H3;/q4*-1;+4. The molecule has 0 aliphatic carbocycles. The Kier molecular flexibility index (Phi) is 20.5. The second-order valence-electron chi connectivity index (χ2n) is 8.45. The van der Waals surface area contributed by atoms with Gasteiger partial charge in [-0.3, -0.25) is 0 Å². The quantitative estimate of drug-likeness (QED) is 0.593. The molecule has 0 unspecified atom stereocenters. The Bertz CT molecular complexity index is 130. The zero-order valence-electron chi connectivity index (χ0n) is 16.3. The van der Waals surface area contributed by atoms with E-state index in [9.17, 15) is 20.4 Å². The zero-order chi connectivity index (χ0) is 18.0. The number of rotatable bonds is 0. The number of hydrogen-bond acceptors (Lipinski definition) is 4. The Balaban J connectivity index is -0.0000000533. The first-order chi connectivity index (χ1) is 8.00. The SMILES string of the molecule is CC(C)(C)[O-].CC(C)(C)[O-].CC(C)(C)[O-].CC(C)(C)[O-].[Zn+4]. The molecule has 0 bridgehead atoms. The van der Waals surface area contributed by atoms with Crippen LogP contribution >= 0.6 is 0 Å². The van der Waals surface area contributed by atoms with Gasteiger partial charge in [0.05, 0.1) is 0 Å². The summed E-state index contributed by atoms with van der Waals surface area (Å²) >= 11 is 0. The Morgan fingerprint density at radius 1 is 0.333 bits per heavy atom. The Morgan fingerprint density at radius 2 is 0.333 bits per heavy atom. The molecule has 126 valence electrons. The van der Waals surface area contributed by atoms with Gasteiger partial charge >= 0.3 is 19.5 Å². The van der Waals surface area contributed by atoms with E-state index in [1.54, 1.807) is 83.1 Å². The molecule has 0 N–H and O–H groups in total. The summed E-state index contributed by atoms with van der Waals surface area (Å²) < 4.78 is 0. The molecule has 0 heterocycles. The topological polar surface area (TPSA) is 92.2 Å². The molecular weight excluding hydrogens is 322 g/mol. The number of hydrogen-bond donors (Lipinski definition) is 0. The van der Waals surface area contributed by atoms with E-state index in [1.165, 1.54) is 0 Å². The molecule has 0 radical (unpaired) electrons. The third-order valence-electron chi connectivity index (χ3n) is 0. The van der Waals surface area contributed by atoms with E-state index in [-0.39, 0.29) is 19.5 Å². The first kappa shape index (κ1) is 33.2. The first-order valence-electron chi connectivity index (χ1n) is 6.82. The fourth-order valence-electron chi connectivity index (χ4n) is 0. The van der Waals surface area contributed by atoms with Crippen LogP contribution < -0.4 is 20.4 Å². The molecule has 21 heavy (non-hydrogen) atoms. The Morgan fingerprint density at radius 3 is 0.333 bits per heavy atom. The van der Waals surface area contributed by atoms with Crippen molar-refractivity contribution in [3.63, 3.8) is 0 Å². The van der Waals surface area contributed by atoms with Crippen LogP contribution in [0.1, 0.15) is 83.1 Å². The van der Waals surface area contributed by atoms with E-state index in [4.69, 9.17) is 0 Å². The second-order valence-corrected chi connectivity index (χ2v) is 8.45.